The van der Waals surface area contributed by atoms with Crippen LogP contribution in [0.2, 0.25) is 88.1 Å². The zero-order valence-electron chi connectivity index (χ0n) is 27.4. The molecule has 1 saturated heterocycles. The number of rotatable bonds is 13. The average Bonchev–Trinajstić information content (AvgIpc) is 2.67. The Morgan fingerprint density at radius 3 is 1.57 bits per heavy atom. The molecule has 0 spiro atoms. The first-order chi connectivity index (χ1) is 16.5. The van der Waals surface area contributed by atoms with Crippen molar-refractivity contribution in [1.82, 2.24) is 0 Å². The fourth-order valence-electron chi connectivity index (χ4n) is 7.78. The summed E-state index contributed by atoms with van der Waals surface area (Å²) < 4.78 is 26.7. The quantitative estimate of drug-likeness (QED) is 0.0719. The van der Waals surface area contributed by atoms with Crippen LogP contribution in [0, 0.1) is 0 Å². The van der Waals surface area contributed by atoms with Gasteiger partial charge in [-0.3, -0.25) is 0 Å². The predicted octanol–water partition coefficient (Wildman–Crippen LogP) is 6.96. The van der Waals surface area contributed by atoms with Crippen LogP contribution in [-0.4, -0.2) is 68.1 Å². The van der Waals surface area contributed by atoms with Crippen molar-refractivity contribution in [2.24, 2.45) is 0 Å². The van der Waals surface area contributed by atoms with E-state index >= 15 is 0 Å². The molecule has 37 heavy (non-hydrogen) atoms. The molecule has 1 unspecified atom stereocenters. The molecule has 5 nitrogen and oxygen atoms in total. The van der Waals surface area contributed by atoms with Gasteiger partial charge in [0.1, 0.15) is 0 Å². The molecule has 0 bridgehead atoms. The molecular formula is C25H60O5Si7. The first-order valence-electron chi connectivity index (χ1n) is 14.5. The summed E-state index contributed by atoms with van der Waals surface area (Å²) in [5, 5.41) is 0. The molecule has 218 valence electrons. The van der Waals surface area contributed by atoms with Gasteiger partial charge in [0.2, 0.25) is 24.0 Å². The molecule has 1 fully saturated rings. The Morgan fingerprint density at radius 2 is 1.22 bits per heavy atom. The number of carbonyl (C=O) groups excluding carboxylic acids is 1. The summed E-state index contributed by atoms with van der Waals surface area (Å²) in [7, 11) is -10.7. The summed E-state index contributed by atoms with van der Waals surface area (Å²) in [6.07, 6.45) is 0.893. The minimum absolute atomic E-state index is 0.217. The van der Waals surface area contributed by atoms with E-state index in [1.165, 1.54) is 0 Å². The first kappa shape index (κ1) is 35.2. The van der Waals surface area contributed by atoms with E-state index in [9.17, 15) is 4.79 Å². The first-order valence-corrected chi connectivity index (χ1v) is 36.8. The summed E-state index contributed by atoms with van der Waals surface area (Å²) in [4.78, 5) is 13.6. The summed E-state index contributed by atoms with van der Waals surface area (Å²) >= 11 is 0. The van der Waals surface area contributed by atoms with Gasteiger partial charge in [-0.1, -0.05) is 84.9 Å². The maximum absolute atomic E-state index is 13.6. The molecule has 1 heterocycles. The van der Waals surface area contributed by atoms with Gasteiger partial charge in [0, 0.05) is 17.4 Å². The molecule has 1 atom stereocenters. The second-order valence-electron chi connectivity index (χ2n) is 15.0. The minimum Gasteiger partial charge on any atom is -0.535 e. The predicted molar refractivity (Wildman–Crippen MR) is 179 cm³/mol. The highest BCUT2D eigenvalue weighted by molar-refractivity contribution is 8.13. The summed E-state index contributed by atoms with van der Waals surface area (Å²) in [5.74, 6) is 0.200. The van der Waals surface area contributed by atoms with Gasteiger partial charge < -0.3 is 18.0 Å². The van der Waals surface area contributed by atoms with Gasteiger partial charge in [-0.15, -0.1) is 0 Å². The van der Waals surface area contributed by atoms with Crippen LogP contribution in [0.5, 0.6) is 0 Å². The van der Waals surface area contributed by atoms with Crippen molar-refractivity contribution in [3.8, 4) is 0 Å². The zero-order chi connectivity index (χ0) is 29.4. The van der Waals surface area contributed by atoms with E-state index in [0.29, 0.717) is 29.2 Å². The second-order valence-corrected chi connectivity index (χ2v) is 68.6. The summed E-state index contributed by atoms with van der Waals surface area (Å²) in [5.41, 5.74) is 1.73. The van der Waals surface area contributed by atoms with Crippen molar-refractivity contribution >= 4 is 61.5 Å². The normalized spacial score (nSPS) is 23.5. The van der Waals surface area contributed by atoms with Crippen LogP contribution >= 0.6 is 0 Å². The van der Waals surface area contributed by atoms with E-state index in [1.807, 2.05) is 0 Å². The van der Waals surface area contributed by atoms with Crippen LogP contribution < -0.4 is 0 Å². The smallest absolute Gasteiger partial charge is 0.379 e. The van der Waals surface area contributed by atoms with Crippen molar-refractivity contribution in [3.63, 3.8) is 0 Å². The lowest BCUT2D eigenvalue weighted by Crippen LogP contribution is -3.06. The van der Waals surface area contributed by atoms with E-state index in [-0.39, 0.29) is 5.76 Å². The monoisotopic (exact) mass is 636 g/mol. The standard InChI is InChI=1S/C25H60O5Si7/c1-20(2)36(21(3)4)34(13,14)35(15,16)37(36,22(5)6)30-25(29-33(10,11)12)23(28-32(7,8)9)24(26)27-18-17-19-31/h20-22H,17-19H2,1-16,31H3. The number of carbonyl (C=O) groups is 1. The third-order valence-electron chi connectivity index (χ3n) is 8.94. The highest BCUT2D eigenvalue weighted by atomic mass is 30.2. The van der Waals surface area contributed by atoms with Crippen molar-refractivity contribution in [2.75, 3.05) is 6.61 Å². The van der Waals surface area contributed by atoms with Crippen molar-refractivity contribution in [1.29, 1.82) is 0 Å². The molecule has 12 heteroatoms. The van der Waals surface area contributed by atoms with Crippen molar-refractivity contribution in [3.05, 3.63) is 11.7 Å². The van der Waals surface area contributed by atoms with Crippen LogP contribution in [0.3, 0.4) is 0 Å². The molecule has 0 saturated carbocycles. The number of hydrogen-bond acceptors (Lipinski definition) is 5. The topological polar surface area (TPSA) is 54.0 Å². The molecule has 1 aliphatic heterocycles. The molecule has 0 N–H and O–H groups in total. The number of hydrogen-bond donors (Lipinski definition) is 0. The van der Waals surface area contributed by atoms with Gasteiger partial charge in [-0.25, -0.2) is 4.79 Å². The molecule has 0 aliphatic carbocycles. The lowest BCUT2D eigenvalue weighted by Gasteiger charge is -2.78. The van der Waals surface area contributed by atoms with Crippen LogP contribution in [0.15, 0.2) is 11.7 Å². The third kappa shape index (κ3) is 6.24. The van der Waals surface area contributed by atoms with Gasteiger partial charge in [0.05, 0.1) is 20.8 Å². The minimum atomic E-state index is -2.36. The van der Waals surface area contributed by atoms with Crippen LogP contribution in [0.1, 0.15) is 48.0 Å². The molecule has 0 aromatic rings. The van der Waals surface area contributed by atoms with E-state index in [2.05, 4.69) is 107 Å². The summed E-state index contributed by atoms with van der Waals surface area (Å²) in [6, 6.07) is 1.11. The SMILES string of the molecule is CC(C)[Si]1(OC(O[Si](C)(C)C)=C(O[Si](C)(C)C)C(=O)OCCC[SiH3])[Si](C)(C)[Si](C)(C)[Si]1(C(C)C)C(C)C. The molecule has 1 aliphatic rings. The van der Waals surface area contributed by atoms with E-state index in [1.54, 1.807) is 0 Å². The van der Waals surface area contributed by atoms with Crippen molar-refractivity contribution < 1.29 is 22.8 Å². The Balaban J connectivity index is 4.05. The lowest BCUT2D eigenvalue weighted by atomic mass is 10.5. The molecular weight excluding hydrogens is 577 g/mol. The highest BCUT2D eigenvalue weighted by Gasteiger charge is 2.89. The Bertz CT molecular complexity index is 833. The molecule has 0 radical (unpaired) electrons. The fraction of sp³-hybridized carbons (Fsp3) is 0.880. The van der Waals surface area contributed by atoms with Gasteiger partial charge in [-0.05, 0) is 51.2 Å². The summed E-state index contributed by atoms with van der Waals surface area (Å²) in [6.45, 7) is 38.6. The maximum atomic E-state index is 13.6. The molecule has 0 amide bonds. The van der Waals surface area contributed by atoms with Crippen LogP contribution in [0.4, 0.5) is 0 Å². The Hall–Kier alpha value is 0.128. The largest absolute Gasteiger partial charge is 0.535 e. The Morgan fingerprint density at radius 1 is 0.757 bits per heavy atom. The third-order valence-corrected chi connectivity index (χ3v) is 107. The van der Waals surface area contributed by atoms with Gasteiger partial charge in [-0.2, -0.15) is 0 Å². The zero-order valence-corrected chi connectivity index (χ0v) is 35.4. The second kappa shape index (κ2) is 11.9. The molecule has 1 rings (SSSR count). The van der Waals surface area contributed by atoms with E-state index in [0.717, 1.165) is 22.7 Å². The Labute approximate surface area is 237 Å². The number of esters is 1. The average molecular weight is 637 g/mol. The van der Waals surface area contributed by atoms with Gasteiger partial charge >= 0.3 is 11.9 Å². The molecule has 0 aromatic heterocycles. The number of ether oxygens (including phenoxy) is 1. The van der Waals surface area contributed by atoms with Crippen molar-refractivity contribution in [2.45, 2.75) is 136 Å². The van der Waals surface area contributed by atoms with Gasteiger partial charge in [0.15, 0.2) is 0 Å². The highest BCUT2D eigenvalue weighted by Crippen LogP contribution is 2.65. The Kier molecular flexibility index (Phi) is 11.3. The maximum Gasteiger partial charge on any atom is 0.379 e. The van der Waals surface area contributed by atoms with Gasteiger partial charge in [0.25, 0.3) is 5.76 Å². The van der Waals surface area contributed by atoms with Crippen LogP contribution in [-0.2, 0) is 22.8 Å². The van der Waals surface area contributed by atoms with Crippen LogP contribution in [0.25, 0.3) is 0 Å². The fourth-order valence-corrected chi connectivity index (χ4v) is 153. The molecule has 0 aromatic carbocycles. The van der Waals surface area contributed by atoms with E-state index < -0.39 is 51.3 Å². The van der Waals surface area contributed by atoms with E-state index in [4.69, 9.17) is 18.0 Å². The lowest BCUT2D eigenvalue weighted by molar-refractivity contribution is -0.142.